The third-order valence-corrected chi connectivity index (χ3v) is 5.22. The lowest BCUT2D eigenvalue weighted by Crippen LogP contribution is -2.14. The standard InChI is InChI=1S/C24H13Cl3O4/c25-15-8-5-14(6-9-15)7-12-21(28)31-24-22(29)18-3-1-2-4-20(18)30-23(24)17-11-10-16(26)13-19(17)27/h1-13H/b12-7+. The molecule has 0 unspecified atom stereocenters. The summed E-state index contributed by atoms with van der Waals surface area (Å²) < 4.78 is 11.3. The molecule has 0 saturated carbocycles. The molecule has 154 valence electrons. The molecule has 1 heterocycles. The lowest BCUT2D eigenvalue weighted by molar-refractivity contribution is -0.129. The number of ether oxygens (including phenoxy) is 1. The van der Waals surface area contributed by atoms with Crippen molar-refractivity contribution in [3.8, 4) is 17.1 Å². The van der Waals surface area contributed by atoms with Crippen molar-refractivity contribution in [3.05, 3.63) is 104 Å². The molecule has 0 bridgehead atoms. The second-order valence-electron chi connectivity index (χ2n) is 6.52. The quantitative estimate of drug-likeness (QED) is 0.237. The minimum Gasteiger partial charge on any atom is -0.452 e. The van der Waals surface area contributed by atoms with Crippen molar-refractivity contribution >= 4 is 57.8 Å². The Morgan fingerprint density at radius 2 is 1.61 bits per heavy atom. The summed E-state index contributed by atoms with van der Waals surface area (Å²) in [6, 6.07) is 18.3. The third kappa shape index (κ3) is 4.67. The summed E-state index contributed by atoms with van der Waals surface area (Å²) in [7, 11) is 0. The summed E-state index contributed by atoms with van der Waals surface area (Å²) in [5.74, 6) is -0.962. The average molecular weight is 472 g/mol. The van der Waals surface area contributed by atoms with Gasteiger partial charge in [0.1, 0.15) is 5.58 Å². The molecule has 3 aromatic carbocycles. The SMILES string of the molecule is O=C(/C=C/c1ccc(Cl)cc1)Oc1c(-c2ccc(Cl)cc2Cl)oc2ccccc2c1=O. The predicted octanol–water partition coefficient (Wildman–Crippen LogP) is 7.04. The van der Waals surface area contributed by atoms with Crippen LogP contribution < -0.4 is 10.2 Å². The summed E-state index contributed by atoms with van der Waals surface area (Å²) in [4.78, 5) is 25.6. The van der Waals surface area contributed by atoms with Gasteiger partial charge in [-0.25, -0.2) is 4.79 Å². The summed E-state index contributed by atoms with van der Waals surface area (Å²) in [6.45, 7) is 0. The number of esters is 1. The molecule has 0 aliphatic rings. The fourth-order valence-corrected chi connectivity index (χ4v) is 3.56. The van der Waals surface area contributed by atoms with E-state index in [1.54, 1.807) is 66.7 Å². The number of hydrogen-bond donors (Lipinski definition) is 0. The molecule has 0 saturated heterocycles. The summed E-state index contributed by atoms with van der Waals surface area (Å²) in [5.41, 5.74) is 0.965. The maximum atomic E-state index is 13.1. The Labute approximate surface area is 192 Å². The van der Waals surface area contributed by atoms with Gasteiger partial charge in [0.25, 0.3) is 0 Å². The van der Waals surface area contributed by atoms with Crippen LogP contribution in [0.4, 0.5) is 0 Å². The van der Waals surface area contributed by atoms with Gasteiger partial charge in [-0.05, 0) is 54.1 Å². The number of rotatable bonds is 4. The van der Waals surface area contributed by atoms with Crippen LogP contribution in [0.5, 0.6) is 5.75 Å². The van der Waals surface area contributed by atoms with Crippen LogP contribution in [0.1, 0.15) is 5.56 Å². The lowest BCUT2D eigenvalue weighted by Gasteiger charge is -2.11. The molecule has 0 spiro atoms. The van der Waals surface area contributed by atoms with Gasteiger partial charge in [0, 0.05) is 21.7 Å². The van der Waals surface area contributed by atoms with Gasteiger partial charge in [-0.3, -0.25) is 4.79 Å². The first kappa shape index (κ1) is 21.2. The molecule has 0 atom stereocenters. The van der Waals surface area contributed by atoms with Crippen LogP contribution in [0.2, 0.25) is 15.1 Å². The van der Waals surface area contributed by atoms with E-state index in [1.165, 1.54) is 12.1 Å². The number of carbonyl (C=O) groups is 1. The molecule has 0 radical (unpaired) electrons. The summed E-state index contributed by atoms with van der Waals surface area (Å²) in [5, 5.41) is 1.53. The molecular formula is C24H13Cl3O4. The van der Waals surface area contributed by atoms with E-state index in [9.17, 15) is 9.59 Å². The summed E-state index contributed by atoms with van der Waals surface area (Å²) in [6.07, 6.45) is 2.77. The highest BCUT2D eigenvalue weighted by Gasteiger charge is 2.21. The Morgan fingerprint density at radius 1 is 0.903 bits per heavy atom. The number of para-hydroxylation sites is 1. The van der Waals surface area contributed by atoms with E-state index in [4.69, 9.17) is 44.0 Å². The van der Waals surface area contributed by atoms with E-state index in [0.29, 0.717) is 21.2 Å². The highest BCUT2D eigenvalue weighted by atomic mass is 35.5. The molecule has 1 aromatic heterocycles. The van der Waals surface area contributed by atoms with Crippen LogP contribution >= 0.6 is 34.8 Å². The van der Waals surface area contributed by atoms with Crippen LogP contribution in [-0.2, 0) is 4.79 Å². The zero-order valence-electron chi connectivity index (χ0n) is 15.8. The number of carbonyl (C=O) groups excluding carboxylic acids is 1. The fraction of sp³-hybridized carbons (Fsp3) is 0. The van der Waals surface area contributed by atoms with Gasteiger partial charge in [-0.2, -0.15) is 0 Å². The van der Waals surface area contributed by atoms with Crippen molar-refractivity contribution < 1.29 is 13.9 Å². The lowest BCUT2D eigenvalue weighted by atomic mass is 10.1. The van der Waals surface area contributed by atoms with Crippen molar-refractivity contribution in [2.45, 2.75) is 0 Å². The highest BCUT2D eigenvalue weighted by Crippen LogP contribution is 2.36. The van der Waals surface area contributed by atoms with Gasteiger partial charge in [0.2, 0.25) is 11.2 Å². The molecule has 0 aliphatic carbocycles. The molecule has 0 amide bonds. The van der Waals surface area contributed by atoms with Crippen molar-refractivity contribution in [1.82, 2.24) is 0 Å². The Hall–Kier alpha value is -3.05. The van der Waals surface area contributed by atoms with Crippen molar-refractivity contribution in [2.24, 2.45) is 0 Å². The molecule has 4 nitrogen and oxygen atoms in total. The molecule has 0 aliphatic heterocycles. The highest BCUT2D eigenvalue weighted by molar-refractivity contribution is 6.36. The minimum absolute atomic E-state index is 0.0404. The van der Waals surface area contributed by atoms with Crippen LogP contribution in [0.25, 0.3) is 28.4 Å². The number of fused-ring (bicyclic) bond motifs is 1. The van der Waals surface area contributed by atoms with E-state index in [1.807, 2.05) is 0 Å². The monoisotopic (exact) mass is 470 g/mol. The second kappa shape index (κ2) is 8.98. The van der Waals surface area contributed by atoms with Gasteiger partial charge < -0.3 is 9.15 Å². The van der Waals surface area contributed by atoms with E-state index >= 15 is 0 Å². The zero-order chi connectivity index (χ0) is 22.0. The Bertz CT molecular complexity index is 1370. The Morgan fingerprint density at radius 3 is 2.35 bits per heavy atom. The van der Waals surface area contributed by atoms with Crippen LogP contribution in [-0.4, -0.2) is 5.97 Å². The van der Waals surface area contributed by atoms with E-state index in [0.717, 1.165) is 5.56 Å². The Kier molecular flexibility index (Phi) is 6.14. The molecule has 7 heteroatoms. The van der Waals surface area contributed by atoms with Gasteiger partial charge in [-0.1, -0.05) is 59.1 Å². The normalized spacial score (nSPS) is 11.2. The maximum Gasteiger partial charge on any atom is 0.336 e. The summed E-state index contributed by atoms with van der Waals surface area (Å²) >= 11 is 18.2. The van der Waals surface area contributed by atoms with Gasteiger partial charge >= 0.3 is 5.97 Å². The Balaban J connectivity index is 1.78. The number of benzene rings is 3. The van der Waals surface area contributed by atoms with Gasteiger partial charge in [-0.15, -0.1) is 0 Å². The van der Waals surface area contributed by atoms with Crippen molar-refractivity contribution in [1.29, 1.82) is 0 Å². The average Bonchev–Trinajstić information content (AvgIpc) is 2.75. The molecule has 4 rings (SSSR count). The maximum absolute atomic E-state index is 13.1. The zero-order valence-corrected chi connectivity index (χ0v) is 18.0. The first-order chi connectivity index (χ1) is 14.9. The second-order valence-corrected chi connectivity index (χ2v) is 7.80. The van der Waals surface area contributed by atoms with Crippen molar-refractivity contribution in [2.75, 3.05) is 0 Å². The molecule has 0 fully saturated rings. The van der Waals surface area contributed by atoms with Crippen LogP contribution in [0.15, 0.2) is 82.0 Å². The molecular weight excluding hydrogens is 459 g/mol. The molecule has 31 heavy (non-hydrogen) atoms. The fourth-order valence-electron chi connectivity index (χ4n) is 2.94. The smallest absolute Gasteiger partial charge is 0.336 e. The first-order valence-corrected chi connectivity index (χ1v) is 10.2. The number of halogens is 3. The molecule has 0 N–H and O–H groups in total. The minimum atomic E-state index is -0.746. The van der Waals surface area contributed by atoms with E-state index < -0.39 is 11.4 Å². The number of hydrogen-bond acceptors (Lipinski definition) is 4. The largest absolute Gasteiger partial charge is 0.452 e. The van der Waals surface area contributed by atoms with E-state index in [-0.39, 0.29) is 21.9 Å². The van der Waals surface area contributed by atoms with Gasteiger partial charge in [0.15, 0.2) is 5.76 Å². The van der Waals surface area contributed by atoms with Crippen LogP contribution in [0.3, 0.4) is 0 Å². The predicted molar refractivity (Wildman–Crippen MR) is 124 cm³/mol. The van der Waals surface area contributed by atoms with Crippen LogP contribution in [0, 0.1) is 0 Å². The topological polar surface area (TPSA) is 56.5 Å². The first-order valence-electron chi connectivity index (χ1n) is 9.09. The van der Waals surface area contributed by atoms with Gasteiger partial charge in [0.05, 0.1) is 10.4 Å². The van der Waals surface area contributed by atoms with Crippen molar-refractivity contribution in [3.63, 3.8) is 0 Å². The molecule has 4 aromatic rings. The van der Waals surface area contributed by atoms with E-state index in [2.05, 4.69) is 0 Å². The third-order valence-electron chi connectivity index (χ3n) is 4.42.